The summed E-state index contributed by atoms with van der Waals surface area (Å²) in [6.07, 6.45) is 0. The third-order valence-corrected chi connectivity index (χ3v) is 4.26. The molecular weight excluding hydrogens is 284 g/mol. The van der Waals surface area contributed by atoms with Crippen molar-refractivity contribution in [3.05, 3.63) is 38.9 Å². The van der Waals surface area contributed by atoms with E-state index in [0.29, 0.717) is 11.5 Å². The highest BCUT2D eigenvalue weighted by molar-refractivity contribution is 7.14. The summed E-state index contributed by atoms with van der Waals surface area (Å²) in [5, 5.41) is 20.1. The van der Waals surface area contributed by atoms with Gasteiger partial charge in [0.25, 0.3) is 0 Å². The van der Waals surface area contributed by atoms with E-state index < -0.39 is 12.0 Å². The quantitative estimate of drug-likeness (QED) is 0.811. The van der Waals surface area contributed by atoms with Crippen LogP contribution in [0, 0.1) is 6.92 Å². The lowest BCUT2D eigenvalue weighted by molar-refractivity contribution is 0.0698. The molecule has 0 aromatic carbocycles. The molecule has 0 radical (unpaired) electrons. The van der Waals surface area contributed by atoms with Crippen LogP contribution in [0.3, 0.4) is 0 Å². The molecule has 2 amide bonds. The molecule has 0 unspecified atom stereocenters. The number of aryl methyl sites for hydroxylation is 1. The highest BCUT2D eigenvalue weighted by Gasteiger charge is 2.13. The van der Waals surface area contributed by atoms with Crippen LogP contribution in [0.4, 0.5) is 9.80 Å². The number of anilines is 1. The van der Waals surface area contributed by atoms with E-state index in [1.54, 1.807) is 16.7 Å². The van der Waals surface area contributed by atoms with Crippen molar-refractivity contribution in [3.8, 4) is 0 Å². The first-order chi connectivity index (χ1) is 9.08. The monoisotopic (exact) mass is 296 g/mol. The molecule has 0 saturated heterocycles. The molecule has 0 aliphatic rings. The zero-order chi connectivity index (χ0) is 13.8. The van der Waals surface area contributed by atoms with E-state index in [1.807, 2.05) is 17.7 Å². The normalized spacial score (nSPS) is 10.2. The van der Waals surface area contributed by atoms with E-state index in [0.717, 1.165) is 11.1 Å². The second-order valence-electron chi connectivity index (χ2n) is 3.86. The summed E-state index contributed by atoms with van der Waals surface area (Å²) in [4.78, 5) is 22.6. The number of carboxylic acid groups (broad SMARTS) is 1. The maximum atomic E-state index is 11.7. The van der Waals surface area contributed by atoms with Gasteiger partial charge in [-0.2, -0.15) is 11.3 Å². The Hall–Kier alpha value is -1.86. The molecule has 3 N–H and O–H groups in total. The molecule has 2 heterocycles. The largest absolute Gasteiger partial charge is 0.478 e. The Morgan fingerprint density at radius 2 is 2.16 bits per heavy atom. The summed E-state index contributed by atoms with van der Waals surface area (Å²) in [7, 11) is 0. The minimum atomic E-state index is -1.05. The summed E-state index contributed by atoms with van der Waals surface area (Å²) < 4.78 is 0. The lowest BCUT2D eigenvalue weighted by Crippen LogP contribution is -2.28. The molecule has 0 spiro atoms. The highest BCUT2D eigenvalue weighted by Crippen LogP contribution is 2.23. The predicted octanol–water partition coefficient (Wildman–Crippen LogP) is 3.14. The van der Waals surface area contributed by atoms with Crippen LogP contribution in [-0.4, -0.2) is 17.1 Å². The second kappa shape index (κ2) is 5.85. The number of aromatic carboxylic acids is 1. The summed E-state index contributed by atoms with van der Waals surface area (Å²) in [5.74, 6) is -1.05. The molecule has 0 atom stereocenters. The molecule has 0 aliphatic heterocycles. The maximum Gasteiger partial charge on any atom is 0.338 e. The smallest absolute Gasteiger partial charge is 0.338 e. The van der Waals surface area contributed by atoms with Gasteiger partial charge in [-0.1, -0.05) is 0 Å². The van der Waals surface area contributed by atoms with Gasteiger partial charge >= 0.3 is 12.0 Å². The number of carboxylic acids is 1. The Balaban J connectivity index is 1.93. The molecule has 0 aliphatic carbocycles. The van der Waals surface area contributed by atoms with Gasteiger partial charge in [0.05, 0.1) is 5.56 Å². The molecule has 7 heteroatoms. The van der Waals surface area contributed by atoms with Crippen molar-refractivity contribution in [2.75, 3.05) is 5.32 Å². The number of carbonyl (C=O) groups excluding carboxylic acids is 1. The van der Waals surface area contributed by atoms with E-state index in [1.165, 1.54) is 17.4 Å². The Labute approximate surface area is 117 Å². The number of carbonyl (C=O) groups is 2. The second-order valence-corrected chi connectivity index (χ2v) is 5.52. The Morgan fingerprint density at radius 3 is 2.79 bits per heavy atom. The zero-order valence-electron chi connectivity index (χ0n) is 10.1. The predicted molar refractivity (Wildman–Crippen MR) is 76.2 cm³/mol. The summed E-state index contributed by atoms with van der Waals surface area (Å²) in [6.45, 7) is 2.40. The lowest BCUT2D eigenvalue weighted by Gasteiger charge is -2.06. The third-order valence-electron chi connectivity index (χ3n) is 2.52. The van der Waals surface area contributed by atoms with Crippen LogP contribution in [0.25, 0.3) is 0 Å². The SMILES string of the molecule is Cc1cscc1CNC(=O)Nc1sccc1C(=O)O. The molecule has 0 fully saturated rings. The number of urea groups is 1. The number of amides is 2. The molecule has 0 bridgehead atoms. The first kappa shape index (κ1) is 13.6. The van der Waals surface area contributed by atoms with E-state index in [2.05, 4.69) is 10.6 Å². The average molecular weight is 296 g/mol. The van der Waals surface area contributed by atoms with Gasteiger partial charge in [0.1, 0.15) is 5.00 Å². The van der Waals surface area contributed by atoms with E-state index in [4.69, 9.17) is 5.11 Å². The van der Waals surface area contributed by atoms with Crippen molar-refractivity contribution in [1.82, 2.24) is 5.32 Å². The van der Waals surface area contributed by atoms with Crippen molar-refractivity contribution in [1.29, 1.82) is 0 Å². The van der Waals surface area contributed by atoms with Crippen LogP contribution in [-0.2, 0) is 6.54 Å². The van der Waals surface area contributed by atoms with Crippen molar-refractivity contribution in [2.45, 2.75) is 13.5 Å². The topological polar surface area (TPSA) is 78.4 Å². The van der Waals surface area contributed by atoms with Gasteiger partial charge in [0, 0.05) is 6.54 Å². The van der Waals surface area contributed by atoms with Gasteiger partial charge in [-0.05, 0) is 40.3 Å². The minimum Gasteiger partial charge on any atom is -0.478 e. The van der Waals surface area contributed by atoms with Gasteiger partial charge in [-0.15, -0.1) is 11.3 Å². The van der Waals surface area contributed by atoms with E-state index in [9.17, 15) is 9.59 Å². The van der Waals surface area contributed by atoms with Crippen LogP contribution < -0.4 is 10.6 Å². The Morgan fingerprint density at radius 1 is 1.37 bits per heavy atom. The van der Waals surface area contributed by atoms with Gasteiger partial charge in [0.15, 0.2) is 0 Å². The number of thiophene rings is 2. The molecule has 2 rings (SSSR count). The lowest BCUT2D eigenvalue weighted by atomic mass is 10.2. The molecule has 5 nitrogen and oxygen atoms in total. The molecule has 100 valence electrons. The van der Waals surface area contributed by atoms with Gasteiger partial charge in [-0.25, -0.2) is 9.59 Å². The number of hydrogen-bond acceptors (Lipinski definition) is 4. The summed E-state index contributed by atoms with van der Waals surface area (Å²) in [5.41, 5.74) is 2.30. The number of rotatable bonds is 4. The maximum absolute atomic E-state index is 11.7. The van der Waals surface area contributed by atoms with E-state index in [-0.39, 0.29) is 5.56 Å². The van der Waals surface area contributed by atoms with Crippen LogP contribution in [0.2, 0.25) is 0 Å². The van der Waals surface area contributed by atoms with Crippen LogP contribution in [0.1, 0.15) is 21.5 Å². The van der Waals surface area contributed by atoms with Gasteiger partial charge in [0.2, 0.25) is 0 Å². The van der Waals surface area contributed by atoms with Crippen molar-refractivity contribution >= 4 is 39.7 Å². The van der Waals surface area contributed by atoms with Gasteiger partial charge < -0.3 is 10.4 Å². The highest BCUT2D eigenvalue weighted by atomic mass is 32.1. The summed E-state index contributed by atoms with van der Waals surface area (Å²) in [6, 6.07) is 1.06. The van der Waals surface area contributed by atoms with E-state index >= 15 is 0 Å². The first-order valence-corrected chi connectivity index (χ1v) is 7.27. The molecule has 2 aromatic rings. The summed E-state index contributed by atoms with van der Waals surface area (Å²) >= 11 is 2.76. The van der Waals surface area contributed by atoms with Crippen LogP contribution >= 0.6 is 22.7 Å². The van der Waals surface area contributed by atoms with Crippen LogP contribution in [0.15, 0.2) is 22.2 Å². The van der Waals surface area contributed by atoms with Gasteiger partial charge in [-0.3, -0.25) is 5.32 Å². The zero-order valence-corrected chi connectivity index (χ0v) is 11.7. The Bertz CT molecular complexity index is 604. The molecule has 2 aromatic heterocycles. The fraction of sp³-hybridized carbons (Fsp3) is 0.167. The van der Waals surface area contributed by atoms with Crippen molar-refractivity contribution < 1.29 is 14.7 Å². The van der Waals surface area contributed by atoms with Crippen molar-refractivity contribution in [2.24, 2.45) is 0 Å². The molecule has 19 heavy (non-hydrogen) atoms. The Kier molecular flexibility index (Phi) is 4.18. The molecular formula is C12H12N2O3S2. The first-order valence-electron chi connectivity index (χ1n) is 5.45. The minimum absolute atomic E-state index is 0.104. The third kappa shape index (κ3) is 3.33. The number of nitrogens with one attached hydrogen (secondary N) is 2. The molecule has 0 saturated carbocycles. The van der Waals surface area contributed by atoms with Crippen LogP contribution in [0.5, 0.6) is 0 Å². The average Bonchev–Trinajstić information content (AvgIpc) is 2.95. The van der Waals surface area contributed by atoms with Crippen molar-refractivity contribution in [3.63, 3.8) is 0 Å². The standard InChI is InChI=1S/C12H12N2O3S2/c1-7-5-18-6-8(7)4-13-12(17)14-10-9(11(15)16)2-3-19-10/h2-3,5-6H,4H2,1H3,(H,15,16)(H2,13,14,17). The number of hydrogen-bond donors (Lipinski definition) is 3. The fourth-order valence-corrected chi connectivity index (χ4v) is 3.10. The fourth-order valence-electron chi connectivity index (χ4n) is 1.47.